The van der Waals surface area contributed by atoms with Gasteiger partial charge in [-0.15, -0.1) is 0 Å². The standard InChI is InChI=1S/C6H12O2.C3H4O2/c7-6(8)4-2-1-3-5-6;1-2-3(4)5/h7-8H,1-5H2;2H,1H2,(H,4,5). The first-order chi connectivity index (χ1) is 5.98. The number of hydrogen-bond acceptors (Lipinski definition) is 3. The molecule has 0 aliphatic heterocycles. The van der Waals surface area contributed by atoms with Crippen molar-refractivity contribution in [2.24, 2.45) is 0 Å². The maximum atomic E-state index is 9.25. The molecule has 0 amide bonds. The van der Waals surface area contributed by atoms with Gasteiger partial charge >= 0.3 is 5.97 Å². The first kappa shape index (κ1) is 12.1. The summed E-state index contributed by atoms with van der Waals surface area (Å²) in [7, 11) is 0. The predicted octanol–water partition coefficient (Wildman–Crippen LogP) is 0.888. The summed E-state index contributed by atoms with van der Waals surface area (Å²) in [5.41, 5.74) is 0. The van der Waals surface area contributed by atoms with Gasteiger partial charge in [0.1, 0.15) is 0 Å². The number of aliphatic carboxylic acids is 1. The second-order valence-corrected chi connectivity index (χ2v) is 3.09. The third kappa shape index (κ3) is 7.49. The molecule has 4 heteroatoms. The monoisotopic (exact) mass is 188 g/mol. The molecule has 0 bridgehead atoms. The van der Waals surface area contributed by atoms with E-state index in [1.54, 1.807) is 0 Å². The minimum atomic E-state index is -1.32. The molecule has 0 aromatic heterocycles. The van der Waals surface area contributed by atoms with Crippen LogP contribution in [0.2, 0.25) is 0 Å². The summed E-state index contributed by atoms with van der Waals surface area (Å²) in [5.74, 6) is -2.30. The lowest BCUT2D eigenvalue weighted by molar-refractivity contribution is -0.180. The summed E-state index contributed by atoms with van der Waals surface area (Å²) in [4.78, 5) is 9.25. The van der Waals surface area contributed by atoms with E-state index < -0.39 is 11.8 Å². The van der Waals surface area contributed by atoms with Gasteiger partial charge in [0.25, 0.3) is 0 Å². The minimum Gasteiger partial charge on any atom is -0.478 e. The maximum absolute atomic E-state index is 9.25. The van der Waals surface area contributed by atoms with Crippen LogP contribution in [-0.4, -0.2) is 27.1 Å². The van der Waals surface area contributed by atoms with Crippen LogP contribution in [0.3, 0.4) is 0 Å². The van der Waals surface area contributed by atoms with E-state index in [9.17, 15) is 4.79 Å². The number of carboxylic acids is 1. The van der Waals surface area contributed by atoms with Crippen LogP contribution < -0.4 is 0 Å². The highest BCUT2D eigenvalue weighted by Gasteiger charge is 2.24. The number of carbonyl (C=O) groups is 1. The average Bonchev–Trinajstić information content (AvgIpc) is 2.05. The molecule has 0 aromatic carbocycles. The van der Waals surface area contributed by atoms with E-state index in [2.05, 4.69) is 6.58 Å². The Balaban J connectivity index is 0.000000252. The summed E-state index contributed by atoms with van der Waals surface area (Å²) < 4.78 is 0. The zero-order chi connectivity index (χ0) is 10.3. The lowest BCUT2D eigenvalue weighted by Gasteiger charge is -2.25. The molecule has 1 saturated carbocycles. The van der Waals surface area contributed by atoms with Gasteiger partial charge in [0.15, 0.2) is 5.79 Å². The quantitative estimate of drug-likeness (QED) is 0.422. The highest BCUT2D eigenvalue weighted by molar-refractivity contribution is 5.78. The zero-order valence-electron chi connectivity index (χ0n) is 7.57. The van der Waals surface area contributed by atoms with Gasteiger partial charge < -0.3 is 15.3 Å². The molecular weight excluding hydrogens is 172 g/mol. The van der Waals surface area contributed by atoms with Gasteiger partial charge in [-0.05, 0) is 12.8 Å². The number of aliphatic hydroxyl groups is 2. The molecule has 0 saturated heterocycles. The SMILES string of the molecule is C=CC(=O)O.OC1(O)CCCCC1. The van der Waals surface area contributed by atoms with Crippen LogP contribution >= 0.6 is 0 Å². The Morgan fingerprint density at radius 1 is 1.23 bits per heavy atom. The maximum Gasteiger partial charge on any atom is 0.327 e. The van der Waals surface area contributed by atoms with Gasteiger partial charge in [-0.2, -0.15) is 0 Å². The predicted molar refractivity (Wildman–Crippen MR) is 48.1 cm³/mol. The van der Waals surface area contributed by atoms with Crippen LogP contribution in [0, 0.1) is 0 Å². The zero-order valence-corrected chi connectivity index (χ0v) is 7.57. The highest BCUT2D eigenvalue weighted by atomic mass is 16.5. The number of carboxylic acid groups (broad SMARTS) is 1. The largest absolute Gasteiger partial charge is 0.478 e. The van der Waals surface area contributed by atoms with E-state index in [0.717, 1.165) is 25.3 Å². The minimum absolute atomic E-state index is 0.562. The Labute approximate surface area is 77.5 Å². The van der Waals surface area contributed by atoms with E-state index in [4.69, 9.17) is 15.3 Å². The molecule has 76 valence electrons. The first-order valence-electron chi connectivity index (χ1n) is 4.28. The summed E-state index contributed by atoms with van der Waals surface area (Å²) in [5, 5.41) is 25.5. The number of rotatable bonds is 1. The fourth-order valence-corrected chi connectivity index (χ4v) is 1.12. The molecule has 4 nitrogen and oxygen atoms in total. The molecule has 0 radical (unpaired) electrons. The van der Waals surface area contributed by atoms with Gasteiger partial charge in [-0.1, -0.05) is 13.0 Å². The van der Waals surface area contributed by atoms with Crippen molar-refractivity contribution in [3.8, 4) is 0 Å². The molecule has 0 aromatic rings. The summed E-state index contributed by atoms with van der Waals surface area (Å²) in [6.07, 6.45) is 5.04. The summed E-state index contributed by atoms with van der Waals surface area (Å²) in [6.45, 7) is 2.96. The van der Waals surface area contributed by atoms with E-state index in [-0.39, 0.29) is 0 Å². The smallest absolute Gasteiger partial charge is 0.327 e. The van der Waals surface area contributed by atoms with E-state index in [1.807, 2.05) is 0 Å². The van der Waals surface area contributed by atoms with Crippen LogP contribution in [0.4, 0.5) is 0 Å². The van der Waals surface area contributed by atoms with E-state index in [0.29, 0.717) is 12.8 Å². The van der Waals surface area contributed by atoms with Crippen LogP contribution in [0.5, 0.6) is 0 Å². The molecule has 1 fully saturated rings. The summed E-state index contributed by atoms with van der Waals surface area (Å²) in [6, 6.07) is 0. The molecule has 0 atom stereocenters. The number of hydrogen-bond donors (Lipinski definition) is 3. The van der Waals surface area contributed by atoms with Gasteiger partial charge in [0, 0.05) is 18.9 Å². The third-order valence-electron chi connectivity index (χ3n) is 1.83. The van der Waals surface area contributed by atoms with E-state index in [1.165, 1.54) is 0 Å². The van der Waals surface area contributed by atoms with Crippen molar-refractivity contribution in [3.05, 3.63) is 12.7 Å². The van der Waals surface area contributed by atoms with Crippen molar-refractivity contribution in [3.63, 3.8) is 0 Å². The van der Waals surface area contributed by atoms with Crippen molar-refractivity contribution >= 4 is 5.97 Å². The Bertz CT molecular complexity index is 166. The van der Waals surface area contributed by atoms with Crippen molar-refractivity contribution < 1.29 is 20.1 Å². The highest BCUT2D eigenvalue weighted by Crippen LogP contribution is 2.24. The molecule has 0 spiro atoms. The van der Waals surface area contributed by atoms with Crippen LogP contribution in [0.1, 0.15) is 32.1 Å². The van der Waals surface area contributed by atoms with Crippen molar-refractivity contribution in [1.82, 2.24) is 0 Å². The molecule has 3 N–H and O–H groups in total. The van der Waals surface area contributed by atoms with Crippen molar-refractivity contribution in [1.29, 1.82) is 0 Å². The Hall–Kier alpha value is -0.870. The normalized spacial score (nSPS) is 19.5. The van der Waals surface area contributed by atoms with Gasteiger partial charge in [0.05, 0.1) is 0 Å². The van der Waals surface area contributed by atoms with Crippen LogP contribution in [0.25, 0.3) is 0 Å². The molecule has 0 unspecified atom stereocenters. The Morgan fingerprint density at radius 2 is 1.62 bits per heavy atom. The fraction of sp³-hybridized carbons (Fsp3) is 0.667. The topological polar surface area (TPSA) is 77.8 Å². The molecule has 1 aliphatic rings. The van der Waals surface area contributed by atoms with Gasteiger partial charge in [-0.25, -0.2) is 4.79 Å². The first-order valence-corrected chi connectivity index (χ1v) is 4.28. The molecular formula is C9H16O4. The molecule has 1 rings (SSSR count). The molecule has 13 heavy (non-hydrogen) atoms. The van der Waals surface area contributed by atoms with Crippen molar-refractivity contribution in [2.45, 2.75) is 37.9 Å². The Kier molecular flexibility index (Phi) is 5.34. The average molecular weight is 188 g/mol. The second-order valence-electron chi connectivity index (χ2n) is 3.09. The van der Waals surface area contributed by atoms with Crippen LogP contribution in [0.15, 0.2) is 12.7 Å². The Morgan fingerprint density at radius 3 is 1.77 bits per heavy atom. The fourth-order valence-electron chi connectivity index (χ4n) is 1.12. The lowest BCUT2D eigenvalue weighted by Crippen LogP contribution is -2.30. The lowest BCUT2D eigenvalue weighted by atomic mass is 9.95. The van der Waals surface area contributed by atoms with Gasteiger partial charge in [0.2, 0.25) is 0 Å². The summed E-state index contributed by atoms with van der Waals surface area (Å²) >= 11 is 0. The molecule has 1 aliphatic carbocycles. The van der Waals surface area contributed by atoms with Crippen LogP contribution in [-0.2, 0) is 4.79 Å². The van der Waals surface area contributed by atoms with E-state index >= 15 is 0 Å². The molecule has 0 heterocycles. The second kappa shape index (κ2) is 5.72. The van der Waals surface area contributed by atoms with Gasteiger partial charge in [-0.3, -0.25) is 0 Å². The third-order valence-corrected chi connectivity index (χ3v) is 1.83. The van der Waals surface area contributed by atoms with Crippen molar-refractivity contribution in [2.75, 3.05) is 0 Å².